The van der Waals surface area contributed by atoms with Gasteiger partial charge in [-0.2, -0.15) is 0 Å². The molecule has 2 rings (SSSR count). The molecule has 126 valence electrons. The van der Waals surface area contributed by atoms with Gasteiger partial charge in [0.25, 0.3) is 0 Å². The van der Waals surface area contributed by atoms with E-state index in [2.05, 4.69) is 50.4 Å². The minimum absolute atomic E-state index is 0. The molecule has 0 atom stereocenters. The summed E-state index contributed by atoms with van der Waals surface area (Å²) in [5.41, 5.74) is 3.59. The van der Waals surface area contributed by atoms with Gasteiger partial charge in [-0.3, -0.25) is 0 Å². The van der Waals surface area contributed by atoms with Gasteiger partial charge in [-0.25, -0.2) is 0 Å². The summed E-state index contributed by atoms with van der Waals surface area (Å²) < 4.78 is 11.4. The van der Waals surface area contributed by atoms with Gasteiger partial charge in [0.2, 0.25) is 0 Å². The second-order valence-electron chi connectivity index (χ2n) is 5.80. The molecule has 0 saturated carbocycles. The number of aryl methyl sites for hydroxylation is 1. The number of methoxy groups -OCH3 is 1. The van der Waals surface area contributed by atoms with Crippen LogP contribution in [0.5, 0.6) is 11.5 Å². The van der Waals surface area contributed by atoms with Gasteiger partial charge >= 0.3 is 0 Å². The van der Waals surface area contributed by atoms with Crippen molar-refractivity contribution < 1.29 is 9.47 Å². The topological polar surface area (TPSA) is 30.5 Å². The van der Waals surface area contributed by atoms with Crippen LogP contribution in [0.25, 0.3) is 0 Å². The Kier molecular flexibility index (Phi) is 7.93. The van der Waals surface area contributed by atoms with Gasteiger partial charge in [-0.15, -0.1) is 12.4 Å². The highest BCUT2D eigenvalue weighted by Gasteiger charge is 2.07. The number of hydrogen-bond acceptors (Lipinski definition) is 3. The quantitative estimate of drug-likeness (QED) is 0.808. The first kappa shape index (κ1) is 19.3. The third kappa shape index (κ3) is 6.12. The van der Waals surface area contributed by atoms with Gasteiger partial charge in [0.1, 0.15) is 6.61 Å². The maximum Gasteiger partial charge on any atom is 0.161 e. The van der Waals surface area contributed by atoms with Gasteiger partial charge in [-0.05, 0) is 30.2 Å². The Balaban J connectivity index is 0.00000264. The number of nitrogens with one attached hydrogen (secondary N) is 1. The van der Waals surface area contributed by atoms with Crippen molar-refractivity contribution in [2.24, 2.45) is 0 Å². The predicted octanol–water partition coefficient (Wildman–Crippen LogP) is 4.50. The zero-order valence-corrected chi connectivity index (χ0v) is 15.1. The summed E-state index contributed by atoms with van der Waals surface area (Å²) in [6.45, 7) is 7.72. The Hall–Kier alpha value is -1.71. The summed E-state index contributed by atoms with van der Waals surface area (Å²) in [6, 6.07) is 14.9. The standard InChI is InChI=1S/C19H25NO2.ClH/c1-14(2)20-12-16-8-9-18(19(11-16)21-4)22-13-17-7-5-6-15(3)10-17;/h5-11,14,20H,12-13H2,1-4H3;1H. The molecule has 3 nitrogen and oxygen atoms in total. The van der Waals surface area contributed by atoms with Gasteiger partial charge in [-0.1, -0.05) is 49.7 Å². The molecular formula is C19H26ClNO2. The summed E-state index contributed by atoms with van der Waals surface area (Å²) in [7, 11) is 1.68. The minimum atomic E-state index is 0. The Morgan fingerprint density at radius 1 is 1.00 bits per heavy atom. The Morgan fingerprint density at radius 3 is 2.43 bits per heavy atom. The summed E-state index contributed by atoms with van der Waals surface area (Å²) >= 11 is 0. The lowest BCUT2D eigenvalue weighted by Gasteiger charge is -2.14. The summed E-state index contributed by atoms with van der Waals surface area (Å²) in [5, 5.41) is 3.40. The van der Waals surface area contributed by atoms with E-state index >= 15 is 0 Å². The van der Waals surface area contributed by atoms with Crippen LogP contribution in [0.4, 0.5) is 0 Å². The lowest BCUT2D eigenvalue weighted by molar-refractivity contribution is 0.284. The predicted molar refractivity (Wildman–Crippen MR) is 97.7 cm³/mol. The molecule has 2 aromatic carbocycles. The molecule has 0 bridgehead atoms. The second-order valence-corrected chi connectivity index (χ2v) is 5.80. The van der Waals surface area contributed by atoms with Crippen LogP contribution >= 0.6 is 12.4 Å². The van der Waals surface area contributed by atoms with Gasteiger partial charge in [0.15, 0.2) is 11.5 Å². The van der Waals surface area contributed by atoms with E-state index in [-0.39, 0.29) is 12.4 Å². The fourth-order valence-electron chi connectivity index (χ4n) is 2.23. The lowest BCUT2D eigenvalue weighted by Crippen LogP contribution is -2.21. The van der Waals surface area contributed by atoms with E-state index in [4.69, 9.17) is 9.47 Å². The van der Waals surface area contributed by atoms with Crippen LogP contribution in [0.1, 0.15) is 30.5 Å². The molecular weight excluding hydrogens is 310 g/mol. The van der Waals surface area contributed by atoms with Crippen LogP contribution < -0.4 is 14.8 Å². The zero-order valence-electron chi connectivity index (χ0n) is 14.3. The largest absolute Gasteiger partial charge is 0.493 e. The summed E-state index contributed by atoms with van der Waals surface area (Å²) in [6.07, 6.45) is 0. The zero-order chi connectivity index (χ0) is 15.9. The van der Waals surface area contributed by atoms with Crippen molar-refractivity contribution in [3.8, 4) is 11.5 Å². The molecule has 0 radical (unpaired) electrons. The number of rotatable bonds is 7. The number of benzene rings is 2. The van der Waals surface area contributed by atoms with E-state index < -0.39 is 0 Å². The summed E-state index contributed by atoms with van der Waals surface area (Å²) in [4.78, 5) is 0. The normalized spacial score (nSPS) is 10.3. The van der Waals surface area contributed by atoms with Gasteiger partial charge in [0, 0.05) is 12.6 Å². The smallest absolute Gasteiger partial charge is 0.161 e. The van der Waals surface area contributed by atoms with Crippen LogP contribution in [-0.4, -0.2) is 13.2 Å². The summed E-state index contributed by atoms with van der Waals surface area (Å²) in [5.74, 6) is 1.55. The average Bonchev–Trinajstić information content (AvgIpc) is 2.51. The highest BCUT2D eigenvalue weighted by molar-refractivity contribution is 5.85. The van der Waals surface area contributed by atoms with E-state index in [9.17, 15) is 0 Å². The average molecular weight is 336 g/mol. The molecule has 0 heterocycles. The van der Waals surface area contributed by atoms with Crippen molar-refractivity contribution in [3.63, 3.8) is 0 Å². The third-order valence-corrected chi connectivity index (χ3v) is 3.42. The maximum absolute atomic E-state index is 5.90. The third-order valence-electron chi connectivity index (χ3n) is 3.42. The first-order chi connectivity index (χ1) is 10.6. The van der Waals surface area contributed by atoms with E-state index in [1.54, 1.807) is 7.11 Å². The van der Waals surface area contributed by atoms with Crippen molar-refractivity contribution in [1.29, 1.82) is 0 Å². The van der Waals surface area contributed by atoms with Crippen LogP contribution in [-0.2, 0) is 13.2 Å². The SMILES string of the molecule is COc1cc(CNC(C)C)ccc1OCc1cccc(C)c1.Cl. The molecule has 1 N–H and O–H groups in total. The highest BCUT2D eigenvalue weighted by atomic mass is 35.5. The van der Waals surface area contributed by atoms with Crippen molar-refractivity contribution >= 4 is 12.4 Å². The molecule has 0 aliphatic rings. The Morgan fingerprint density at radius 2 is 1.78 bits per heavy atom. The van der Waals surface area contributed by atoms with Crippen molar-refractivity contribution in [2.45, 2.75) is 40.0 Å². The van der Waals surface area contributed by atoms with Gasteiger partial charge in [0.05, 0.1) is 7.11 Å². The number of ether oxygens (including phenoxy) is 2. The van der Waals surface area contributed by atoms with Crippen LogP contribution in [0.2, 0.25) is 0 Å². The Labute approximate surface area is 145 Å². The van der Waals surface area contributed by atoms with Crippen LogP contribution in [0.3, 0.4) is 0 Å². The number of halogens is 1. The molecule has 0 saturated heterocycles. The first-order valence-corrected chi connectivity index (χ1v) is 7.67. The molecule has 2 aromatic rings. The highest BCUT2D eigenvalue weighted by Crippen LogP contribution is 2.29. The molecule has 4 heteroatoms. The van der Waals surface area contributed by atoms with Crippen LogP contribution in [0.15, 0.2) is 42.5 Å². The molecule has 23 heavy (non-hydrogen) atoms. The molecule has 0 unspecified atom stereocenters. The second kappa shape index (κ2) is 9.43. The molecule has 0 spiro atoms. The first-order valence-electron chi connectivity index (χ1n) is 7.67. The maximum atomic E-state index is 5.90. The number of hydrogen-bond donors (Lipinski definition) is 1. The fraction of sp³-hybridized carbons (Fsp3) is 0.368. The van der Waals surface area contributed by atoms with Gasteiger partial charge < -0.3 is 14.8 Å². The van der Waals surface area contributed by atoms with E-state index in [0.717, 1.165) is 23.6 Å². The fourth-order valence-corrected chi connectivity index (χ4v) is 2.23. The van der Waals surface area contributed by atoms with Crippen molar-refractivity contribution in [3.05, 3.63) is 59.2 Å². The Bertz CT molecular complexity index is 614. The molecule has 0 aliphatic carbocycles. The lowest BCUT2D eigenvalue weighted by atomic mass is 10.1. The molecule has 0 aromatic heterocycles. The van der Waals surface area contributed by atoms with E-state index in [0.29, 0.717) is 12.6 Å². The van der Waals surface area contributed by atoms with Crippen molar-refractivity contribution in [1.82, 2.24) is 5.32 Å². The minimum Gasteiger partial charge on any atom is -0.493 e. The van der Waals surface area contributed by atoms with Crippen LogP contribution in [0, 0.1) is 6.92 Å². The molecule has 0 fully saturated rings. The van der Waals surface area contributed by atoms with E-state index in [1.807, 2.05) is 18.2 Å². The van der Waals surface area contributed by atoms with E-state index in [1.165, 1.54) is 11.1 Å². The molecule has 0 aliphatic heterocycles. The molecule has 0 amide bonds. The monoisotopic (exact) mass is 335 g/mol. The van der Waals surface area contributed by atoms with Crippen molar-refractivity contribution in [2.75, 3.05) is 7.11 Å².